The minimum atomic E-state index is 1.20. The Kier molecular flexibility index (Phi) is 8.96. The Hall–Kier alpha value is -8.58. The van der Waals surface area contributed by atoms with Gasteiger partial charge in [-0.15, -0.1) is 0 Å². The zero-order chi connectivity index (χ0) is 43.6. The van der Waals surface area contributed by atoms with Crippen molar-refractivity contribution in [2.75, 3.05) is 0 Å². The number of rotatable bonds is 6. The molecule has 0 atom stereocenters. The quantitative estimate of drug-likeness (QED) is 0.146. The molecule has 0 aliphatic heterocycles. The second-order valence-corrected chi connectivity index (χ2v) is 17.4. The largest absolute Gasteiger partial charge is 0.0622 e. The van der Waals surface area contributed by atoms with E-state index in [4.69, 9.17) is 0 Å². The molecule has 0 saturated heterocycles. The van der Waals surface area contributed by atoms with Gasteiger partial charge in [0.15, 0.2) is 0 Å². The third-order valence-corrected chi connectivity index (χ3v) is 13.9. The summed E-state index contributed by atoms with van der Waals surface area (Å²) < 4.78 is 0. The van der Waals surface area contributed by atoms with Crippen molar-refractivity contribution >= 4 is 64.6 Å². The van der Waals surface area contributed by atoms with Crippen LogP contribution in [0.1, 0.15) is 0 Å². The highest BCUT2D eigenvalue weighted by atomic mass is 14.2. The minimum Gasteiger partial charge on any atom is -0.0622 e. The number of hydrogen-bond acceptors (Lipinski definition) is 0. The molecule has 0 aliphatic carbocycles. The van der Waals surface area contributed by atoms with E-state index in [-0.39, 0.29) is 0 Å². The third kappa shape index (κ3) is 6.00. The summed E-state index contributed by atoms with van der Waals surface area (Å²) in [5.41, 5.74) is 15.0. The van der Waals surface area contributed by atoms with Gasteiger partial charge in [-0.05, 0) is 131 Å². The van der Waals surface area contributed by atoms with Crippen LogP contribution in [0.2, 0.25) is 0 Å². The van der Waals surface area contributed by atoms with Crippen LogP contribution >= 0.6 is 0 Å². The Morgan fingerprint density at radius 3 is 0.803 bits per heavy atom. The minimum absolute atomic E-state index is 1.20. The zero-order valence-electron chi connectivity index (χ0n) is 36.2. The van der Waals surface area contributed by atoms with Gasteiger partial charge >= 0.3 is 0 Å². The highest BCUT2D eigenvalue weighted by Crippen LogP contribution is 2.48. The molecule has 0 radical (unpaired) electrons. The van der Waals surface area contributed by atoms with Crippen LogP contribution < -0.4 is 0 Å². The molecular weight excluding hydrogens is 793 g/mol. The second kappa shape index (κ2) is 15.6. The molecule has 306 valence electrons. The van der Waals surface area contributed by atoms with Crippen LogP contribution in [0.25, 0.3) is 131 Å². The summed E-state index contributed by atoms with van der Waals surface area (Å²) in [6.07, 6.45) is 0. The number of fused-ring (bicyclic) bond motifs is 6. The first-order valence-corrected chi connectivity index (χ1v) is 22.9. The van der Waals surface area contributed by atoms with E-state index in [9.17, 15) is 0 Å². The van der Waals surface area contributed by atoms with Crippen molar-refractivity contribution in [3.63, 3.8) is 0 Å². The van der Waals surface area contributed by atoms with Crippen molar-refractivity contribution < 1.29 is 0 Å². The van der Waals surface area contributed by atoms with Gasteiger partial charge in [0.1, 0.15) is 0 Å². The van der Waals surface area contributed by atoms with E-state index in [0.29, 0.717) is 0 Å². The van der Waals surface area contributed by atoms with Crippen molar-refractivity contribution in [3.8, 4) is 66.8 Å². The molecule has 0 heterocycles. The summed E-state index contributed by atoms with van der Waals surface area (Å²) in [5.74, 6) is 0. The summed E-state index contributed by atoms with van der Waals surface area (Å²) >= 11 is 0. The topological polar surface area (TPSA) is 0 Å². The molecule has 0 unspecified atom stereocenters. The molecule has 0 saturated carbocycles. The van der Waals surface area contributed by atoms with Gasteiger partial charge in [-0.2, -0.15) is 0 Å². The fourth-order valence-corrected chi connectivity index (χ4v) is 11.1. The Bertz CT molecular complexity index is 3900. The van der Waals surface area contributed by atoms with Crippen molar-refractivity contribution in [1.82, 2.24) is 0 Å². The first kappa shape index (κ1) is 37.9. The lowest BCUT2D eigenvalue weighted by Crippen LogP contribution is -1.93. The number of benzene rings is 13. The zero-order valence-corrected chi connectivity index (χ0v) is 36.2. The van der Waals surface area contributed by atoms with Crippen molar-refractivity contribution in [1.29, 1.82) is 0 Å². The molecular formula is C66H42. The highest BCUT2D eigenvalue weighted by Gasteiger charge is 2.21. The van der Waals surface area contributed by atoms with Gasteiger partial charge in [-0.25, -0.2) is 0 Å². The lowest BCUT2D eigenvalue weighted by Gasteiger charge is -2.20. The van der Waals surface area contributed by atoms with E-state index >= 15 is 0 Å². The fourth-order valence-electron chi connectivity index (χ4n) is 11.1. The third-order valence-electron chi connectivity index (χ3n) is 13.9. The fraction of sp³-hybridized carbons (Fsp3) is 0. The van der Waals surface area contributed by atoms with E-state index in [1.54, 1.807) is 0 Å². The van der Waals surface area contributed by atoms with Gasteiger partial charge in [0.25, 0.3) is 0 Å². The molecule has 66 heavy (non-hydrogen) atoms. The van der Waals surface area contributed by atoms with Gasteiger partial charge in [0.2, 0.25) is 0 Å². The Balaban J connectivity index is 0.947. The molecule has 0 fully saturated rings. The summed E-state index contributed by atoms with van der Waals surface area (Å²) in [7, 11) is 0. The van der Waals surface area contributed by atoms with Crippen LogP contribution in [0.5, 0.6) is 0 Å². The molecule has 0 amide bonds. The molecule has 0 N–H and O–H groups in total. The molecule has 13 aromatic rings. The van der Waals surface area contributed by atoms with Crippen molar-refractivity contribution in [3.05, 3.63) is 255 Å². The van der Waals surface area contributed by atoms with E-state index in [1.165, 1.54) is 131 Å². The first-order chi connectivity index (χ1) is 32.8. The lowest BCUT2D eigenvalue weighted by molar-refractivity contribution is 1.62. The Morgan fingerprint density at radius 2 is 0.379 bits per heavy atom. The maximum Gasteiger partial charge on any atom is -0.00201 e. The summed E-state index contributed by atoms with van der Waals surface area (Å²) in [6.45, 7) is 0. The summed E-state index contributed by atoms with van der Waals surface area (Å²) in [5, 5.41) is 15.1. The van der Waals surface area contributed by atoms with Crippen LogP contribution in [0.4, 0.5) is 0 Å². The normalized spacial score (nSPS) is 11.6. The van der Waals surface area contributed by atoms with Crippen LogP contribution in [-0.2, 0) is 0 Å². The standard InChI is InChI=1S/C66H42/c1-3-19-44(20-4-1)63-54-25-9-11-27-56(54)65(57-28-12-10-26-55(57)63)46-39-37-43(38-40-46)47-33-17-35-50-48(47)34-18-36-51(50)53-41-42-62(52-24-8-7-23-49(52)53)66-60-31-15-13-29-58(60)64(45-21-5-2-6-22-45)59-30-14-16-32-61(59)66/h1-42H. The van der Waals surface area contributed by atoms with Crippen molar-refractivity contribution in [2.45, 2.75) is 0 Å². The maximum absolute atomic E-state index is 2.37. The highest BCUT2D eigenvalue weighted by molar-refractivity contribution is 6.25. The molecule has 13 aromatic carbocycles. The molecule has 0 spiro atoms. The second-order valence-electron chi connectivity index (χ2n) is 17.4. The van der Waals surface area contributed by atoms with Gasteiger partial charge < -0.3 is 0 Å². The van der Waals surface area contributed by atoms with Crippen LogP contribution in [0.3, 0.4) is 0 Å². The predicted octanol–water partition coefficient (Wildman–Crippen LogP) is 18.6. The predicted molar refractivity (Wildman–Crippen MR) is 284 cm³/mol. The number of hydrogen-bond donors (Lipinski definition) is 0. The Labute approximate surface area is 384 Å². The van der Waals surface area contributed by atoms with E-state index < -0.39 is 0 Å². The molecule has 0 bridgehead atoms. The Morgan fingerprint density at radius 1 is 0.121 bits per heavy atom. The SMILES string of the molecule is c1ccc(-c2c3ccccc3c(-c3ccc(-c4cccc5c(-c6ccc(-c7c8ccccc8c(-c8ccccc8)c8ccccc78)c7ccccc67)cccc45)cc3)c3ccccc23)cc1. The average molecular weight is 835 g/mol. The van der Waals surface area contributed by atoms with Crippen LogP contribution in [0, 0.1) is 0 Å². The molecule has 0 heteroatoms. The van der Waals surface area contributed by atoms with Gasteiger partial charge in [0, 0.05) is 0 Å². The van der Waals surface area contributed by atoms with E-state index in [1.807, 2.05) is 0 Å². The van der Waals surface area contributed by atoms with Gasteiger partial charge in [-0.1, -0.05) is 255 Å². The van der Waals surface area contributed by atoms with E-state index in [0.717, 1.165) is 0 Å². The molecule has 0 nitrogen and oxygen atoms in total. The maximum atomic E-state index is 2.37. The lowest BCUT2D eigenvalue weighted by atomic mass is 9.83. The summed E-state index contributed by atoms with van der Waals surface area (Å²) in [4.78, 5) is 0. The van der Waals surface area contributed by atoms with Crippen LogP contribution in [0.15, 0.2) is 255 Å². The van der Waals surface area contributed by atoms with Crippen molar-refractivity contribution in [2.24, 2.45) is 0 Å². The monoisotopic (exact) mass is 834 g/mol. The van der Waals surface area contributed by atoms with E-state index in [2.05, 4.69) is 255 Å². The molecule has 0 aromatic heterocycles. The van der Waals surface area contributed by atoms with Gasteiger partial charge in [0.05, 0.1) is 0 Å². The average Bonchev–Trinajstić information content (AvgIpc) is 3.39. The first-order valence-electron chi connectivity index (χ1n) is 22.9. The molecule has 13 rings (SSSR count). The summed E-state index contributed by atoms with van der Waals surface area (Å²) in [6, 6.07) is 93.9. The van der Waals surface area contributed by atoms with Crippen LogP contribution in [-0.4, -0.2) is 0 Å². The van der Waals surface area contributed by atoms with Gasteiger partial charge in [-0.3, -0.25) is 0 Å². The molecule has 0 aliphatic rings. The smallest absolute Gasteiger partial charge is 0.00201 e.